The maximum Gasteiger partial charge on any atom is 0.293 e. The van der Waals surface area contributed by atoms with Crippen LogP contribution in [0.4, 0.5) is 0 Å². The van der Waals surface area contributed by atoms with Gasteiger partial charge in [-0.1, -0.05) is 0 Å². The van der Waals surface area contributed by atoms with Gasteiger partial charge in [-0.15, -0.1) is 5.10 Å². The lowest BCUT2D eigenvalue weighted by Gasteiger charge is -2.30. The van der Waals surface area contributed by atoms with Gasteiger partial charge in [-0.3, -0.25) is 9.89 Å². The molecule has 1 saturated carbocycles. The molecule has 1 amide bonds. The summed E-state index contributed by atoms with van der Waals surface area (Å²) in [5.74, 6) is 1.60. The number of nitrogens with zero attached hydrogens (tertiary/aromatic N) is 3. The summed E-state index contributed by atoms with van der Waals surface area (Å²) in [4.78, 5) is 18.3. The first-order valence-electron chi connectivity index (χ1n) is 6.66. The number of hydrogen-bond donors (Lipinski definition) is 2. The van der Waals surface area contributed by atoms with Crippen LogP contribution in [0.25, 0.3) is 0 Å². The maximum absolute atomic E-state index is 12.3. The lowest BCUT2D eigenvalue weighted by Crippen LogP contribution is -2.46. The van der Waals surface area contributed by atoms with Crippen LogP contribution in [-0.4, -0.2) is 52.2 Å². The molecule has 1 aromatic rings. The zero-order valence-corrected chi connectivity index (χ0v) is 10.6. The fraction of sp³-hybridized carbons (Fsp3) is 0.750. The van der Waals surface area contributed by atoms with Crippen molar-refractivity contribution in [2.45, 2.75) is 37.6 Å². The highest BCUT2D eigenvalue weighted by molar-refractivity contribution is 5.90. The number of carbonyl (C=O) groups excluding carboxylic acids is 1. The van der Waals surface area contributed by atoms with Gasteiger partial charge in [0, 0.05) is 25.6 Å². The highest BCUT2D eigenvalue weighted by Gasteiger charge is 2.30. The molecule has 2 fully saturated rings. The van der Waals surface area contributed by atoms with E-state index in [2.05, 4.69) is 20.5 Å². The molecule has 1 aromatic heterocycles. The van der Waals surface area contributed by atoms with Gasteiger partial charge in [-0.25, -0.2) is 4.98 Å². The van der Waals surface area contributed by atoms with Crippen molar-refractivity contribution in [1.29, 1.82) is 0 Å². The first-order valence-corrected chi connectivity index (χ1v) is 6.66. The van der Waals surface area contributed by atoms with E-state index in [1.807, 2.05) is 7.05 Å². The third-order valence-corrected chi connectivity index (χ3v) is 3.80. The van der Waals surface area contributed by atoms with Crippen LogP contribution in [0.5, 0.6) is 0 Å². The van der Waals surface area contributed by atoms with Gasteiger partial charge >= 0.3 is 0 Å². The van der Waals surface area contributed by atoms with E-state index in [-0.39, 0.29) is 11.9 Å². The van der Waals surface area contributed by atoms with Gasteiger partial charge in [0.05, 0.1) is 0 Å². The molecular weight excluding hydrogens is 230 g/mol. The maximum atomic E-state index is 12.3. The molecule has 0 radical (unpaired) electrons. The summed E-state index contributed by atoms with van der Waals surface area (Å²) in [6.45, 7) is 1.91. The average molecular weight is 249 g/mol. The van der Waals surface area contributed by atoms with Crippen LogP contribution in [0.3, 0.4) is 0 Å². The Balaban J connectivity index is 1.67. The molecule has 0 aromatic carbocycles. The number of rotatable bonds is 3. The number of piperidine rings is 1. The highest BCUT2D eigenvalue weighted by atomic mass is 16.2. The van der Waals surface area contributed by atoms with Gasteiger partial charge < -0.3 is 10.2 Å². The Labute approximate surface area is 106 Å². The SMILES string of the molecule is CN(C(=O)c1n[nH]c(C2CC2)n1)C1CCCNC1. The van der Waals surface area contributed by atoms with E-state index in [1.54, 1.807) is 4.90 Å². The van der Waals surface area contributed by atoms with E-state index in [1.165, 1.54) is 0 Å². The molecule has 2 N–H and O–H groups in total. The highest BCUT2D eigenvalue weighted by Crippen LogP contribution is 2.37. The molecule has 6 heteroatoms. The second-order valence-corrected chi connectivity index (χ2v) is 5.23. The van der Waals surface area contributed by atoms with Crippen molar-refractivity contribution in [1.82, 2.24) is 25.4 Å². The number of carbonyl (C=O) groups is 1. The molecule has 0 spiro atoms. The van der Waals surface area contributed by atoms with Gasteiger partial charge in [0.1, 0.15) is 5.82 Å². The predicted molar refractivity (Wildman–Crippen MR) is 66.3 cm³/mol. The number of amides is 1. The van der Waals surface area contributed by atoms with Crippen LogP contribution in [-0.2, 0) is 0 Å². The number of H-pyrrole nitrogens is 1. The van der Waals surface area contributed by atoms with Crippen molar-refractivity contribution in [2.75, 3.05) is 20.1 Å². The fourth-order valence-corrected chi connectivity index (χ4v) is 2.40. The molecule has 1 aliphatic heterocycles. The first-order chi connectivity index (χ1) is 8.75. The number of hydrogen-bond acceptors (Lipinski definition) is 4. The number of likely N-dealkylation sites (N-methyl/N-ethyl adjacent to an activating group) is 1. The molecule has 18 heavy (non-hydrogen) atoms. The van der Waals surface area contributed by atoms with Crippen LogP contribution < -0.4 is 5.32 Å². The van der Waals surface area contributed by atoms with Gasteiger partial charge in [-0.2, -0.15) is 0 Å². The Morgan fingerprint density at radius 2 is 2.22 bits per heavy atom. The molecule has 2 heterocycles. The summed E-state index contributed by atoms with van der Waals surface area (Å²) in [6.07, 6.45) is 4.48. The Bertz CT molecular complexity index is 433. The zero-order valence-electron chi connectivity index (χ0n) is 10.6. The molecule has 98 valence electrons. The van der Waals surface area contributed by atoms with E-state index in [0.29, 0.717) is 11.7 Å². The van der Waals surface area contributed by atoms with Gasteiger partial charge in [0.25, 0.3) is 5.91 Å². The van der Waals surface area contributed by atoms with Crippen LogP contribution in [0.2, 0.25) is 0 Å². The molecule has 1 aliphatic carbocycles. The van der Waals surface area contributed by atoms with Crippen molar-refractivity contribution < 1.29 is 4.79 Å². The monoisotopic (exact) mass is 249 g/mol. The number of aromatic nitrogens is 3. The van der Waals surface area contributed by atoms with Gasteiger partial charge in [-0.05, 0) is 32.2 Å². The van der Waals surface area contributed by atoms with Gasteiger partial charge in [0.2, 0.25) is 5.82 Å². The second kappa shape index (κ2) is 4.68. The Kier molecular flexibility index (Phi) is 3.03. The van der Waals surface area contributed by atoms with Crippen LogP contribution in [0, 0.1) is 0 Å². The van der Waals surface area contributed by atoms with Crippen molar-refractivity contribution in [2.24, 2.45) is 0 Å². The Hall–Kier alpha value is -1.43. The van der Waals surface area contributed by atoms with Crippen molar-refractivity contribution >= 4 is 5.91 Å². The van der Waals surface area contributed by atoms with Crippen molar-refractivity contribution in [3.8, 4) is 0 Å². The van der Waals surface area contributed by atoms with E-state index in [4.69, 9.17) is 0 Å². The standard InChI is InChI=1S/C12H19N5O/c1-17(9-3-2-6-13-7-9)12(18)11-14-10(15-16-11)8-4-5-8/h8-9,13H,2-7H2,1H3,(H,14,15,16). The Morgan fingerprint density at radius 1 is 1.39 bits per heavy atom. The molecule has 1 unspecified atom stereocenters. The fourth-order valence-electron chi connectivity index (χ4n) is 2.40. The number of aromatic amines is 1. The number of nitrogens with one attached hydrogen (secondary N) is 2. The van der Waals surface area contributed by atoms with E-state index in [0.717, 1.165) is 44.6 Å². The first kappa shape index (κ1) is 11.6. The molecule has 2 aliphatic rings. The van der Waals surface area contributed by atoms with E-state index >= 15 is 0 Å². The molecule has 3 rings (SSSR count). The predicted octanol–water partition coefficient (Wildman–Crippen LogP) is 0.506. The molecule has 6 nitrogen and oxygen atoms in total. The largest absolute Gasteiger partial charge is 0.335 e. The van der Waals surface area contributed by atoms with E-state index < -0.39 is 0 Å². The topological polar surface area (TPSA) is 73.9 Å². The summed E-state index contributed by atoms with van der Waals surface area (Å²) in [5, 5.41) is 10.2. The summed E-state index contributed by atoms with van der Waals surface area (Å²) < 4.78 is 0. The summed E-state index contributed by atoms with van der Waals surface area (Å²) in [6, 6.07) is 0.258. The van der Waals surface area contributed by atoms with Crippen LogP contribution in [0.15, 0.2) is 0 Å². The third kappa shape index (κ3) is 2.25. The normalized spacial score (nSPS) is 23.9. The minimum atomic E-state index is -0.0770. The molecule has 1 saturated heterocycles. The minimum absolute atomic E-state index is 0.0770. The van der Waals surface area contributed by atoms with Crippen LogP contribution >= 0.6 is 0 Å². The Morgan fingerprint density at radius 3 is 2.89 bits per heavy atom. The summed E-state index contributed by atoms with van der Waals surface area (Å²) >= 11 is 0. The summed E-state index contributed by atoms with van der Waals surface area (Å²) in [7, 11) is 1.84. The smallest absolute Gasteiger partial charge is 0.293 e. The lowest BCUT2D eigenvalue weighted by atomic mass is 10.1. The van der Waals surface area contributed by atoms with E-state index in [9.17, 15) is 4.79 Å². The second-order valence-electron chi connectivity index (χ2n) is 5.23. The quantitative estimate of drug-likeness (QED) is 0.818. The average Bonchev–Trinajstić information content (AvgIpc) is 3.16. The van der Waals surface area contributed by atoms with Crippen molar-refractivity contribution in [3.05, 3.63) is 11.6 Å². The van der Waals surface area contributed by atoms with Gasteiger partial charge in [0.15, 0.2) is 0 Å². The molecule has 0 bridgehead atoms. The van der Waals surface area contributed by atoms with Crippen molar-refractivity contribution in [3.63, 3.8) is 0 Å². The van der Waals surface area contributed by atoms with Crippen LogP contribution in [0.1, 0.15) is 48.0 Å². The summed E-state index contributed by atoms with van der Waals surface area (Å²) in [5.41, 5.74) is 0. The molecule has 1 atom stereocenters. The minimum Gasteiger partial charge on any atom is -0.335 e. The zero-order chi connectivity index (χ0) is 12.5. The lowest BCUT2D eigenvalue weighted by molar-refractivity contribution is 0.0696. The molecular formula is C12H19N5O. The third-order valence-electron chi connectivity index (χ3n) is 3.80.